The molecular formula is C24H19N3O3. The molecule has 2 aliphatic rings. The third kappa shape index (κ3) is 2.85. The van der Waals surface area contributed by atoms with Crippen molar-refractivity contribution in [1.29, 1.82) is 0 Å². The first-order chi connectivity index (χ1) is 14.6. The van der Waals surface area contributed by atoms with Gasteiger partial charge in [-0.3, -0.25) is 19.3 Å². The highest BCUT2D eigenvalue weighted by molar-refractivity contribution is 6.21. The Kier molecular flexibility index (Phi) is 4.32. The standard InChI is InChI=1S/C24H19N3O3/c28-22-21-19(14-26-22)16(15-6-2-1-3-7-15)10-11-20(21)25-12-13-27-23(29)17-8-4-5-9-18(17)24(27)30/h1-11,25H,12-14H2,(H,26,28). The van der Waals surface area contributed by atoms with Gasteiger partial charge >= 0.3 is 0 Å². The second-order valence-corrected chi connectivity index (χ2v) is 7.30. The Balaban J connectivity index is 1.36. The van der Waals surface area contributed by atoms with Crippen LogP contribution < -0.4 is 10.6 Å². The minimum atomic E-state index is -0.278. The van der Waals surface area contributed by atoms with E-state index in [0.717, 1.165) is 16.7 Å². The van der Waals surface area contributed by atoms with Crippen LogP contribution in [0.4, 0.5) is 5.69 Å². The largest absolute Gasteiger partial charge is 0.383 e. The van der Waals surface area contributed by atoms with Crippen molar-refractivity contribution in [2.75, 3.05) is 18.4 Å². The molecule has 0 saturated carbocycles. The van der Waals surface area contributed by atoms with E-state index in [-0.39, 0.29) is 24.3 Å². The van der Waals surface area contributed by atoms with E-state index in [1.165, 1.54) is 4.90 Å². The fourth-order valence-corrected chi connectivity index (χ4v) is 4.13. The average Bonchev–Trinajstić information content (AvgIpc) is 3.28. The molecule has 2 N–H and O–H groups in total. The Morgan fingerprint density at radius 1 is 0.800 bits per heavy atom. The Labute approximate surface area is 173 Å². The maximum atomic E-state index is 12.5. The summed E-state index contributed by atoms with van der Waals surface area (Å²) in [5, 5.41) is 6.14. The van der Waals surface area contributed by atoms with Crippen LogP contribution in [0, 0.1) is 0 Å². The van der Waals surface area contributed by atoms with E-state index >= 15 is 0 Å². The van der Waals surface area contributed by atoms with Gasteiger partial charge < -0.3 is 10.6 Å². The first kappa shape index (κ1) is 18.1. The molecule has 6 heteroatoms. The molecule has 3 aromatic carbocycles. The predicted molar refractivity (Wildman–Crippen MR) is 113 cm³/mol. The zero-order chi connectivity index (χ0) is 20.7. The number of imide groups is 1. The smallest absolute Gasteiger partial charge is 0.261 e. The van der Waals surface area contributed by atoms with E-state index in [4.69, 9.17) is 0 Å². The van der Waals surface area contributed by atoms with Gasteiger partial charge in [-0.15, -0.1) is 0 Å². The van der Waals surface area contributed by atoms with Gasteiger partial charge in [0.05, 0.1) is 16.7 Å². The van der Waals surface area contributed by atoms with Crippen LogP contribution >= 0.6 is 0 Å². The predicted octanol–water partition coefficient (Wildman–Crippen LogP) is 3.31. The van der Waals surface area contributed by atoms with E-state index in [1.54, 1.807) is 24.3 Å². The Morgan fingerprint density at radius 3 is 2.17 bits per heavy atom. The van der Waals surface area contributed by atoms with Crippen molar-refractivity contribution in [3.63, 3.8) is 0 Å². The van der Waals surface area contributed by atoms with Crippen LogP contribution in [0.5, 0.6) is 0 Å². The van der Waals surface area contributed by atoms with E-state index in [2.05, 4.69) is 10.6 Å². The minimum absolute atomic E-state index is 0.119. The number of carbonyl (C=O) groups excluding carboxylic acids is 3. The number of amides is 3. The maximum absolute atomic E-state index is 12.5. The first-order valence-corrected chi connectivity index (χ1v) is 9.84. The normalized spacial score (nSPS) is 14.5. The van der Waals surface area contributed by atoms with E-state index in [0.29, 0.717) is 35.5 Å². The number of anilines is 1. The van der Waals surface area contributed by atoms with Crippen LogP contribution in [0.15, 0.2) is 66.7 Å². The third-order valence-electron chi connectivity index (χ3n) is 5.58. The summed E-state index contributed by atoms with van der Waals surface area (Å²) < 4.78 is 0. The number of nitrogens with one attached hydrogen (secondary N) is 2. The van der Waals surface area contributed by atoms with E-state index in [1.807, 2.05) is 42.5 Å². The lowest BCUT2D eigenvalue weighted by Crippen LogP contribution is -2.34. The van der Waals surface area contributed by atoms with Crippen LogP contribution in [0.2, 0.25) is 0 Å². The summed E-state index contributed by atoms with van der Waals surface area (Å²) in [5.74, 6) is -0.675. The summed E-state index contributed by atoms with van der Waals surface area (Å²) in [6.45, 7) is 1.06. The Bertz CT molecular complexity index is 1150. The number of fused-ring (bicyclic) bond motifs is 2. The quantitative estimate of drug-likeness (QED) is 0.648. The molecule has 2 heterocycles. The number of benzene rings is 3. The van der Waals surface area contributed by atoms with Crippen molar-refractivity contribution in [3.8, 4) is 11.1 Å². The summed E-state index contributed by atoms with van der Waals surface area (Å²) in [6, 6.07) is 20.7. The minimum Gasteiger partial charge on any atom is -0.383 e. The molecule has 0 aliphatic carbocycles. The molecule has 6 nitrogen and oxygen atoms in total. The topological polar surface area (TPSA) is 78.5 Å². The fraction of sp³-hybridized carbons (Fsp3) is 0.125. The molecule has 0 radical (unpaired) electrons. The number of hydrogen-bond acceptors (Lipinski definition) is 4. The molecule has 3 amide bonds. The molecule has 148 valence electrons. The molecule has 0 saturated heterocycles. The van der Waals surface area contributed by atoms with Gasteiger partial charge in [0.25, 0.3) is 17.7 Å². The van der Waals surface area contributed by atoms with Gasteiger partial charge in [0, 0.05) is 25.3 Å². The molecule has 0 unspecified atom stereocenters. The summed E-state index contributed by atoms with van der Waals surface area (Å²) >= 11 is 0. The summed E-state index contributed by atoms with van der Waals surface area (Å²) in [5.41, 5.74) is 5.24. The van der Waals surface area contributed by atoms with Crippen molar-refractivity contribution < 1.29 is 14.4 Å². The zero-order valence-electron chi connectivity index (χ0n) is 16.1. The molecule has 0 aromatic heterocycles. The molecular weight excluding hydrogens is 378 g/mol. The van der Waals surface area contributed by atoms with Crippen molar-refractivity contribution in [2.45, 2.75) is 6.54 Å². The van der Waals surface area contributed by atoms with Crippen molar-refractivity contribution in [3.05, 3.63) is 89.0 Å². The van der Waals surface area contributed by atoms with Gasteiger partial charge in [0.1, 0.15) is 0 Å². The third-order valence-corrected chi connectivity index (χ3v) is 5.58. The van der Waals surface area contributed by atoms with Crippen molar-refractivity contribution >= 4 is 23.4 Å². The average molecular weight is 397 g/mol. The van der Waals surface area contributed by atoms with Gasteiger partial charge in [-0.1, -0.05) is 48.5 Å². The van der Waals surface area contributed by atoms with Crippen molar-refractivity contribution in [1.82, 2.24) is 10.2 Å². The van der Waals surface area contributed by atoms with Gasteiger partial charge in [0.15, 0.2) is 0 Å². The molecule has 0 bridgehead atoms. The Morgan fingerprint density at radius 2 is 1.47 bits per heavy atom. The number of carbonyl (C=O) groups is 3. The Hall–Kier alpha value is -3.93. The lowest BCUT2D eigenvalue weighted by molar-refractivity contribution is 0.0660. The lowest BCUT2D eigenvalue weighted by Gasteiger charge is -2.17. The van der Waals surface area contributed by atoms with Gasteiger partial charge in [-0.25, -0.2) is 0 Å². The second kappa shape index (κ2) is 7.15. The molecule has 0 spiro atoms. The number of nitrogens with zero attached hydrogens (tertiary/aromatic N) is 1. The zero-order valence-corrected chi connectivity index (χ0v) is 16.1. The number of hydrogen-bond donors (Lipinski definition) is 2. The molecule has 3 aromatic rings. The fourth-order valence-electron chi connectivity index (χ4n) is 4.13. The summed E-state index contributed by atoms with van der Waals surface area (Å²) in [4.78, 5) is 38.7. The van der Waals surface area contributed by atoms with E-state index in [9.17, 15) is 14.4 Å². The van der Waals surface area contributed by atoms with Gasteiger partial charge in [-0.05, 0) is 34.9 Å². The second-order valence-electron chi connectivity index (χ2n) is 7.30. The first-order valence-electron chi connectivity index (χ1n) is 9.84. The SMILES string of the molecule is O=C1NCc2c(-c3ccccc3)ccc(NCCN3C(=O)c4ccccc4C3=O)c21. The van der Waals surface area contributed by atoms with Crippen LogP contribution in [0.25, 0.3) is 11.1 Å². The van der Waals surface area contributed by atoms with Crippen molar-refractivity contribution in [2.24, 2.45) is 0 Å². The van der Waals surface area contributed by atoms with Crippen LogP contribution in [0.3, 0.4) is 0 Å². The van der Waals surface area contributed by atoms with Crippen LogP contribution in [-0.4, -0.2) is 35.7 Å². The number of rotatable bonds is 5. The molecule has 2 aliphatic heterocycles. The highest BCUT2D eigenvalue weighted by atomic mass is 16.2. The van der Waals surface area contributed by atoms with Crippen LogP contribution in [-0.2, 0) is 6.54 Å². The maximum Gasteiger partial charge on any atom is 0.261 e. The lowest BCUT2D eigenvalue weighted by atomic mass is 9.95. The highest BCUT2D eigenvalue weighted by Crippen LogP contribution is 2.34. The summed E-state index contributed by atoms with van der Waals surface area (Å²) in [7, 11) is 0. The van der Waals surface area contributed by atoms with Gasteiger partial charge in [-0.2, -0.15) is 0 Å². The van der Waals surface area contributed by atoms with Gasteiger partial charge in [0.2, 0.25) is 0 Å². The van der Waals surface area contributed by atoms with Crippen LogP contribution in [0.1, 0.15) is 36.6 Å². The molecule has 0 fully saturated rings. The molecule has 0 atom stereocenters. The molecule has 5 rings (SSSR count). The molecule has 30 heavy (non-hydrogen) atoms. The monoisotopic (exact) mass is 397 g/mol. The highest BCUT2D eigenvalue weighted by Gasteiger charge is 2.34. The summed E-state index contributed by atoms with van der Waals surface area (Å²) in [6.07, 6.45) is 0. The van der Waals surface area contributed by atoms with E-state index < -0.39 is 0 Å².